The van der Waals surface area contributed by atoms with Crippen LogP contribution in [0.4, 0.5) is 17.1 Å². The maximum Gasteiger partial charge on any atom is 0.0726 e. The summed E-state index contributed by atoms with van der Waals surface area (Å²) in [6.07, 6.45) is 0. The Morgan fingerprint density at radius 3 is 1.31 bits per heavy atom. The topological polar surface area (TPSA) is 3.24 Å². The number of anilines is 3. The molecule has 0 aromatic heterocycles. The summed E-state index contributed by atoms with van der Waals surface area (Å²) >= 11 is 0. The predicted molar refractivity (Wildman–Crippen MR) is 258 cm³/mol. The smallest absolute Gasteiger partial charge is 0.0726 e. The molecule has 0 saturated heterocycles. The van der Waals surface area contributed by atoms with Gasteiger partial charge >= 0.3 is 0 Å². The van der Waals surface area contributed by atoms with Gasteiger partial charge in [0.05, 0.1) is 22.5 Å². The minimum atomic E-state index is -0.454. The molecule has 9 aromatic carbocycles. The zero-order valence-electron chi connectivity index (χ0n) is 35.5. The minimum Gasteiger partial charge on any atom is -0.309 e. The first-order chi connectivity index (χ1) is 30.3. The van der Waals surface area contributed by atoms with Crippen LogP contribution in [0.15, 0.2) is 200 Å². The molecule has 0 unspecified atom stereocenters. The van der Waals surface area contributed by atoms with Crippen LogP contribution in [0.2, 0.25) is 0 Å². The number of benzene rings is 9. The minimum absolute atomic E-state index is 0.112. The summed E-state index contributed by atoms with van der Waals surface area (Å²) in [4.78, 5) is 2.65. The van der Waals surface area contributed by atoms with Crippen molar-refractivity contribution >= 4 is 17.1 Å². The predicted octanol–water partition coefficient (Wildman–Crippen LogP) is 15.8. The SMILES string of the molecule is CC1(C)c2ccccc2-c2c(-c3ccccc3N(c3cccc4c3-c3ccccc3C43c4ccccc4-c4ccccc43)c3cccc4c3C(C)(C)c3ccccc3-4)cccc21. The van der Waals surface area contributed by atoms with Crippen molar-refractivity contribution in [1.82, 2.24) is 0 Å². The molecule has 0 N–H and O–H groups in total. The quantitative estimate of drug-likeness (QED) is 0.172. The van der Waals surface area contributed by atoms with Gasteiger partial charge < -0.3 is 4.90 Å². The Morgan fingerprint density at radius 2 is 0.645 bits per heavy atom. The lowest BCUT2D eigenvalue weighted by Gasteiger charge is -2.35. The van der Waals surface area contributed by atoms with Crippen molar-refractivity contribution in [3.05, 3.63) is 245 Å². The van der Waals surface area contributed by atoms with Gasteiger partial charge in [0.1, 0.15) is 0 Å². The van der Waals surface area contributed by atoms with Gasteiger partial charge in [-0.05, 0) is 107 Å². The van der Waals surface area contributed by atoms with E-state index in [1.54, 1.807) is 0 Å². The summed E-state index contributed by atoms with van der Waals surface area (Å²) in [5, 5.41) is 0. The fraction of sp³-hybridized carbons (Fsp3) is 0.115. The van der Waals surface area contributed by atoms with Crippen LogP contribution >= 0.6 is 0 Å². The molecule has 0 radical (unpaired) electrons. The molecule has 0 bridgehead atoms. The second-order valence-electron chi connectivity index (χ2n) is 18.7. The molecule has 4 aliphatic rings. The highest BCUT2D eigenvalue weighted by atomic mass is 15.2. The van der Waals surface area contributed by atoms with Gasteiger partial charge in [0, 0.05) is 22.0 Å². The average Bonchev–Trinajstić information content (AvgIpc) is 3.95. The molecule has 9 aromatic rings. The number of nitrogens with zero attached hydrogens (tertiary/aromatic N) is 1. The molecule has 62 heavy (non-hydrogen) atoms. The van der Waals surface area contributed by atoms with E-state index in [1.807, 2.05) is 0 Å². The second kappa shape index (κ2) is 12.4. The molecule has 13 rings (SSSR count). The van der Waals surface area contributed by atoms with E-state index in [9.17, 15) is 0 Å². The molecule has 4 aliphatic carbocycles. The molecule has 0 aliphatic heterocycles. The summed E-state index contributed by atoms with van der Waals surface area (Å²) in [6.45, 7) is 9.60. The Balaban J connectivity index is 1.15. The normalized spacial score (nSPS) is 15.5. The van der Waals surface area contributed by atoms with Crippen LogP contribution in [0.25, 0.3) is 55.6 Å². The van der Waals surface area contributed by atoms with Crippen LogP contribution in [0.3, 0.4) is 0 Å². The van der Waals surface area contributed by atoms with Crippen LogP contribution in [0.1, 0.15) is 72.2 Å². The molecular formula is C61H45N. The van der Waals surface area contributed by atoms with Gasteiger partial charge in [-0.1, -0.05) is 210 Å². The molecule has 1 heteroatoms. The highest BCUT2D eigenvalue weighted by Gasteiger charge is 2.52. The number of hydrogen-bond acceptors (Lipinski definition) is 1. The van der Waals surface area contributed by atoms with E-state index >= 15 is 0 Å². The number of fused-ring (bicyclic) bond motifs is 16. The first-order valence-electron chi connectivity index (χ1n) is 22.1. The summed E-state index contributed by atoms with van der Waals surface area (Å²) < 4.78 is 0. The van der Waals surface area contributed by atoms with E-state index in [0.717, 1.165) is 0 Å². The highest BCUT2D eigenvalue weighted by molar-refractivity contribution is 6.05. The summed E-state index contributed by atoms with van der Waals surface area (Å²) in [6, 6.07) is 75.8. The van der Waals surface area contributed by atoms with Crippen molar-refractivity contribution in [2.75, 3.05) is 4.90 Å². The lowest BCUT2D eigenvalue weighted by molar-refractivity contribution is 0.660. The Bertz CT molecular complexity index is 3330. The average molecular weight is 792 g/mol. The molecule has 0 amide bonds. The highest BCUT2D eigenvalue weighted by Crippen LogP contribution is 2.66. The molecule has 0 atom stereocenters. The maximum absolute atomic E-state index is 2.65. The van der Waals surface area contributed by atoms with Crippen LogP contribution in [-0.4, -0.2) is 0 Å². The Labute approximate surface area is 364 Å². The largest absolute Gasteiger partial charge is 0.309 e. The van der Waals surface area contributed by atoms with Crippen molar-refractivity contribution in [2.24, 2.45) is 0 Å². The first-order valence-corrected chi connectivity index (χ1v) is 22.1. The number of hydrogen-bond donors (Lipinski definition) is 0. The van der Waals surface area contributed by atoms with Crippen molar-refractivity contribution < 1.29 is 0 Å². The summed E-state index contributed by atoms with van der Waals surface area (Å²) in [5.41, 5.74) is 26.7. The molecular weight excluding hydrogens is 747 g/mol. The fourth-order valence-electron chi connectivity index (χ4n) is 12.6. The Hall–Kier alpha value is -7.22. The summed E-state index contributed by atoms with van der Waals surface area (Å²) in [7, 11) is 0. The summed E-state index contributed by atoms with van der Waals surface area (Å²) in [5.74, 6) is 0. The van der Waals surface area contributed by atoms with Crippen molar-refractivity contribution in [1.29, 1.82) is 0 Å². The molecule has 0 saturated carbocycles. The van der Waals surface area contributed by atoms with Crippen LogP contribution in [0, 0.1) is 0 Å². The van der Waals surface area contributed by atoms with Crippen LogP contribution in [0.5, 0.6) is 0 Å². The van der Waals surface area contributed by atoms with E-state index in [4.69, 9.17) is 0 Å². The zero-order valence-corrected chi connectivity index (χ0v) is 35.5. The van der Waals surface area contributed by atoms with Crippen molar-refractivity contribution in [3.63, 3.8) is 0 Å². The van der Waals surface area contributed by atoms with Crippen LogP contribution < -0.4 is 4.90 Å². The van der Waals surface area contributed by atoms with Gasteiger partial charge in [-0.3, -0.25) is 0 Å². The van der Waals surface area contributed by atoms with Gasteiger partial charge in [0.25, 0.3) is 0 Å². The van der Waals surface area contributed by atoms with E-state index in [1.165, 1.54) is 117 Å². The van der Waals surface area contributed by atoms with Gasteiger partial charge in [-0.15, -0.1) is 0 Å². The fourth-order valence-corrected chi connectivity index (χ4v) is 12.6. The van der Waals surface area contributed by atoms with E-state index in [2.05, 4.69) is 233 Å². The zero-order chi connectivity index (χ0) is 41.5. The molecule has 294 valence electrons. The molecule has 0 heterocycles. The third-order valence-corrected chi connectivity index (χ3v) is 15.1. The van der Waals surface area contributed by atoms with Gasteiger partial charge in [-0.2, -0.15) is 0 Å². The third kappa shape index (κ3) is 4.33. The lowest BCUT2D eigenvalue weighted by atomic mass is 9.70. The Kier molecular flexibility index (Phi) is 7.12. The molecule has 1 nitrogen and oxygen atoms in total. The maximum atomic E-state index is 2.65. The number of para-hydroxylation sites is 1. The van der Waals surface area contributed by atoms with Gasteiger partial charge in [0.2, 0.25) is 0 Å². The molecule has 1 spiro atoms. The van der Waals surface area contributed by atoms with E-state index in [-0.39, 0.29) is 10.8 Å². The molecule has 0 fully saturated rings. The lowest BCUT2D eigenvalue weighted by Crippen LogP contribution is -2.26. The monoisotopic (exact) mass is 791 g/mol. The standard InChI is InChI=1S/C61H45N/c1-59(2)47-29-12-8-24-44(47)56-42(26-17-33-51(56)59)41-23-10-16-35-53(41)62(55-37-18-27-43-40-22-5-11-28-46(40)60(3,4)58(43)55)54-36-19-34-52-57(54)45-25-9-15-32-50(45)61(52)48-30-13-6-20-38(48)39-21-7-14-31-49(39)61/h5-37H,1-4H3. The van der Waals surface area contributed by atoms with E-state index in [0.29, 0.717) is 0 Å². The first kappa shape index (κ1) is 35.5. The van der Waals surface area contributed by atoms with Gasteiger partial charge in [0.15, 0.2) is 0 Å². The van der Waals surface area contributed by atoms with E-state index < -0.39 is 5.41 Å². The third-order valence-electron chi connectivity index (χ3n) is 15.1. The van der Waals surface area contributed by atoms with Crippen molar-refractivity contribution in [3.8, 4) is 55.6 Å². The van der Waals surface area contributed by atoms with Crippen LogP contribution in [-0.2, 0) is 16.2 Å². The second-order valence-corrected chi connectivity index (χ2v) is 18.7. The van der Waals surface area contributed by atoms with Gasteiger partial charge in [-0.25, -0.2) is 0 Å². The van der Waals surface area contributed by atoms with Crippen molar-refractivity contribution in [2.45, 2.75) is 43.9 Å². The Morgan fingerprint density at radius 1 is 0.258 bits per heavy atom. The number of rotatable bonds is 4.